The van der Waals surface area contributed by atoms with Crippen molar-refractivity contribution in [1.82, 2.24) is 0 Å². The van der Waals surface area contributed by atoms with E-state index in [0.29, 0.717) is 5.56 Å². The maximum absolute atomic E-state index is 8.76. The van der Waals surface area contributed by atoms with E-state index in [-0.39, 0.29) is 0 Å². The van der Waals surface area contributed by atoms with Crippen LogP contribution in [0.1, 0.15) is 11.3 Å². The molecule has 0 aliphatic rings. The first-order chi connectivity index (χ1) is 7.29. The Hall–Kier alpha value is -1.66. The van der Waals surface area contributed by atoms with Gasteiger partial charge in [0, 0.05) is 4.90 Å². The van der Waals surface area contributed by atoms with Gasteiger partial charge in [0.25, 0.3) is 0 Å². The molecule has 0 amide bonds. The molecule has 2 aromatic rings. The molecule has 1 aromatic carbocycles. The highest BCUT2D eigenvalue weighted by atomic mass is 32.2. The maximum Gasteiger partial charge on any atom is 0.114 e. The third-order valence-electron chi connectivity index (χ3n) is 2.00. The van der Waals surface area contributed by atoms with E-state index in [4.69, 9.17) is 9.68 Å². The van der Waals surface area contributed by atoms with Crippen molar-refractivity contribution in [2.45, 2.75) is 16.7 Å². The van der Waals surface area contributed by atoms with Gasteiger partial charge in [0.05, 0.1) is 22.8 Å². The lowest BCUT2D eigenvalue weighted by atomic mass is 10.2. The van der Waals surface area contributed by atoms with Gasteiger partial charge in [-0.3, -0.25) is 0 Å². The second-order valence-electron chi connectivity index (χ2n) is 3.08. The van der Waals surface area contributed by atoms with E-state index in [1.807, 2.05) is 31.2 Å². The number of benzene rings is 1. The van der Waals surface area contributed by atoms with Gasteiger partial charge in [-0.2, -0.15) is 5.26 Å². The molecule has 0 bridgehead atoms. The standard InChI is InChI=1S/C12H9NOS/c1-9-12(5-6-14-9)15-11-4-2-3-10(7-11)8-13/h2-7H,1H3. The zero-order valence-electron chi connectivity index (χ0n) is 8.23. The first kappa shape index (κ1) is 9.88. The topological polar surface area (TPSA) is 36.9 Å². The Bertz CT molecular complexity index is 510. The number of hydrogen-bond acceptors (Lipinski definition) is 3. The van der Waals surface area contributed by atoms with Crippen molar-refractivity contribution < 1.29 is 4.42 Å². The van der Waals surface area contributed by atoms with Crippen LogP contribution < -0.4 is 0 Å². The largest absolute Gasteiger partial charge is 0.468 e. The van der Waals surface area contributed by atoms with Crippen molar-refractivity contribution >= 4 is 11.8 Å². The van der Waals surface area contributed by atoms with E-state index in [1.54, 1.807) is 24.1 Å². The molecule has 0 unspecified atom stereocenters. The minimum atomic E-state index is 0.682. The molecule has 3 heteroatoms. The SMILES string of the molecule is Cc1occc1Sc1cccc(C#N)c1. The fraction of sp³-hybridized carbons (Fsp3) is 0.0833. The first-order valence-corrected chi connectivity index (χ1v) is 5.33. The van der Waals surface area contributed by atoms with E-state index in [1.165, 1.54) is 0 Å². The summed E-state index contributed by atoms with van der Waals surface area (Å²) in [5.74, 6) is 0.905. The number of aryl methyl sites for hydroxylation is 1. The Balaban J connectivity index is 2.25. The maximum atomic E-state index is 8.76. The van der Waals surface area contributed by atoms with Crippen LogP contribution in [0, 0.1) is 18.3 Å². The summed E-state index contributed by atoms with van der Waals surface area (Å²) in [6.45, 7) is 1.93. The van der Waals surface area contributed by atoms with Crippen molar-refractivity contribution in [1.29, 1.82) is 5.26 Å². The molecule has 1 aromatic heterocycles. The summed E-state index contributed by atoms with van der Waals surface area (Å²) in [6.07, 6.45) is 1.67. The Kier molecular flexibility index (Phi) is 2.79. The Labute approximate surface area is 92.5 Å². The summed E-state index contributed by atoms with van der Waals surface area (Å²) in [5.41, 5.74) is 0.682. The molecule has 0 saturated carbocycles. The minimum absolute atomic E-state index is 0.682. The van der Waals surface area contributed by atoms with Crippen LogP contribution in [-0.2, 0) is 0 Å². The van der Waals surface area contributed by atoms with Gasteiger partial charge in [-0.1, -0.05) is 17.8 Å². The smallest absolute Gasteiger partial charge is 0.114 e. The Morgan fingerprint density at radius 3 is 2.87 bits per heavy atom. The molecule has 0 fully saturated rings. The predicted molar refractivity (Wildman–Crippen MR) is 58.7 cm³/mol. The fourth-order valence-corrected chi connectivity index (χ4v) is 2.14. The molecule has 2 rings (SSSR count). The molecule has 74 valence electrons. The van der Waals surface area contributed by atoms with Crippen molar-refractivity contribution in [3.05, 3.63) is 47.9 Å². The van der Waals surface area contributed by atoms with Crippen LogP contribution in [0.3, 0.4) is 0 Å². The van der Waals surface area contributed by atoms with E-state index >= 15 is 0 Å². The van der Waals surface area contributed by atoms with Gasteiger partial charge >= 0.3 is 0 Å². The average molecular weight is 215 g/mol. The number of nitrogens with zero attached hydrogens (tertiary/aromatic N) is 1. The van der Waals surface area contributed by atoms with E-state index < -0.39 is 0 Å². The van der Waals surface area contributed by atoms with E-state index in [9.17, 15) is 0 Å². The lowest BCUT2D eigenvalue weighted by Gasteiger charge is -1.99. The molecule has 0 N–H and O–H groups in total. The quantitative estimate of drug-likeness (QED) is 0.767. The molecule has 0 aliphatic carbocycles. The van der Waals surface area contributed by atoms with E-state index in [0.717, 1.165) is 15.6 Å². The van der Waals surface area contributed by atoms with Gasteiger partial charge in [0.2, 0.25) is 0 Å². The average Bonchev–Trinajstić information content (AvgIpc) is 2.65. The molecule has 0 atom stereocenters. The minimum Gasteiger partial charge on any atom is -0.468 e. The number of hydrogen-bond donors (Lipinski definition) is 0. The normalized spacial score (nSPS) is 9.87. The predicted octanol–water partition coefficient (Wildman–Crippen LogP) is 3.61. The lowest BCUT2D eigenvalue weighted by molar-refractivity contribution is 0.527. The second kappa shape index (κ2) is 4.24. The van der Waals surface area contributed by atoms with Gasteiger partial charge in [-0.25, -0.2) is 0 Å². The third kappa shape index (κ3) is 2.23. The highest BCUT2D eigenvalue weighted by Gasteiger charge is 2.03. The van der Waals surface area contributed by atoms with Crippen LogP contribution in [0.4, 0.5) is 0 Å². The second-order valence-corrected chi connectivity index (χ2v) is 4.20. The van der Waals surface area contributed by atoms with Crippen LogP contribution in [-0.4, -0.2) is 0 Å². The summed E-state index contributed by atoms with van der Waals surface area (Å²) in [5, 5.41) is 8.76. The molecule has 0 radical (unpaired) electrons. The number of furan rings is 1. The molecular weight excluding hydrogens is 206 g/mol. The van der Waals surface area contributed by atoms with Gasteiger partial charge in [0.1, 0.15) is 5.76 Å². The van der Waals surface area contributed by atoms with Gasteiger partial charge in [-0.15, -0.1) is 0 Å². The summed E-state index contributed by atoms with van der Waals surface area (Å²) in [4.78, 5) is 2.14. The Morgan fingerprint density at radius 1 is 1.33 bits per heavy atom. The van der Waals surface area contributed by atoms with Crippen LogP contribution in [0.5, 0.6) is 0 Å². The first-order valence-electron chi connectivity index (χ1n) is 4.52. The zero-order chi connectivity index (χ0) is 10.7. The van der Waals surface area contributed by atoms with Crippen molar-refractivity contribution in [2.75, 3.05) is 0 Å². The summed E-state index contributed by atoms with van der Waals surface area (Å²) in [6, 6.07) is 11.6. The molecule has 0 saturated heterocycles. The van der Waals surface area contributed by atoms with Gasteiger partial charge < -0.3 is 4.42 Å². The van der Waals surface area contributed by atoms with Crippen LogP contribution in [0.2, 0.25) is 0 Å². The number of rotatable bonds is 2. The van der Waals surface area contributed by atoms with Crippen molar-refractivity contribution in [3.63, 3.8) is 0 Å². The van der Waals surface area contributed by atoms with Crippen molar-refractivity contribution in [3.8, 4) is 6.07 Å². The fourth-order valence-electron chi connectivity index (χ4n) is 1.24. The molecular formula is C12H9NOS. The van der Waals surface area contributed by atoms with Gasteiger partial charge in [-0.05, 0) is 31.2 Å². The monoisotopic (exact) mass is 215 g/mol. The zero-order valence-corrected chi connectivity index (χ0v) is 9.04. The number of nitriles is 1. The van der Waals surface area contributed by atoms with Crippen LogP contribution in [0.25, 0.3) is 0 Å². The molecule has 2 nitrogen and oxygen atoms in total. The van der Waals surface area contributed by atoms with Crippen LogP contribution in [0.15, 0.2) is 50.8 Å². The lowest BCUT2D eigenvalue weighted by Crippen LogP contribution is -1.76. The molecule has 15 heavy (non-hydrogen) atoms. The highest BCUT2D eigenvalue weighted by Crippen LogP contribution is 2.30. The molecule has 1 heterocycles. The Morgan fingerprint density at radius 2 is 2.20 bits per heavy atom. The third-order valence-corrected chi connectivity index (χ3v) is 3.14. The summed E-state index contributed by atoms with van der Waals surface area (Å²) >= 11 is 1.61. The van der Waals surface area contributed by atoms with Crippen molar-refractivity contribution in [2.24, 2.45) is 0 Å². The van der Waals surface area contributed by atoms with E-state index in [2.05, 4.69) is 6.07 Å². The summed E-state index contributed by atoms with van der Waals surface area (Å²) in [7, 11) is 0. The summed E-state index contributed by atoms with van der Waals surface area (Å²) < 4.78 is 5.21. The molecule has 0 spiro atoms. The highest BCUT2D eigenvalue weighted by molar-refractivity contribution is 7.99. The van der Waals surface area contributed by atoms with Crippen LogP contribution >= 0.6 is 11.8 Å². The van der Waals surface area contributed by atoms with Gasteiger partial charge in [0.15, 0.2) is 0 Å². The molecule has 0 aliphatic heterocycles.